The van der Waals surface area contributed by atoms with Crippen molar-refractivity contribution >= 4 is 13.7 Å². The van der Waals surface area contributed by atoms with Gasteiger partial charge in [-0.15, -0.1) is 0 Å². The van der Waals surface area contributed by atoms with E-state index in [-0.39, 0.29) is 12.3 Å². The monoisotopic (exact) mass is 922 g/mol. The number of nitrogens with one attached hydrogen (secondary N) is 1. The lowest BCUT2D eigenvalue weighted by Gasteiger charge is -2.41. The zero-order valence-corrected chi connectivity index (χ0v) is 41.3. The summed E-state index contributed by atoms with van der Waals surface area (Å²) in [6.07, 6.45) is 32.8. The number of unbranched alkanes of at least 4 members (excludes halogenated alkanes) is 34. The van der Waals surface area contributed by atoms with E-state index < -0.39 is 63.2 Å². The van der Waals surface area contributed by atoms with E-state index in [4.69, 9.17) is 9.05 Å². The molecule has 0 saturated heterocycles. The molecule has 1 rings (SSSR count). The highest BCUT2D eigenvalue weighted by molar-refractivity contribution is 7.47. The van der Waals surface area contributed by atoms with E-state index in [1.165, 1.54) is 180 Å². The third-order valence-electron chi connectivity index (χ3n) is 13.2. The molecule has 0 aliphatic heterocycles. The van der Waals surface area contributed by atoms with Gasteiger partial charge in [-0.25, -0.2) is 4.57 Å². The smallest absolute Gasteiger partial charge is 0.391 e. The lowest BCUT2D eigenvalue weighted by Crippen LogP contribution is -2.64. The number of hydrogen-bond acceptors (Lipinski definition) is 10. The summed E-state index contributed by atoms with van der Waals surface area (Å²) in [4.78, 5) is 23.5. The molecule has 0 bridgehead atoms. The Balaban J connectivity index is 2.35. The number of amides is 1. The highest BCUT2D eigenvalue weighted by atomic mass is 31.2. The number of carbonyl (C=O) groups excluding carboxylic acids is 1. The fourth-order valence-electron chi connectivity index (χ4n) is 8.85. The minimum Gasteiger partial charge on any atom is -0.391 e. The second-order valence-electron chi connectivity index (χ2n) is 19.1. The van der Waals surface area contributed by atoms with E-state index in [1.807, 2.05) is 0 Å². The van der Waals surface area contributed by atoms with Gasteiger partial charge in [-0.05, 0) is 12.8 Å². The van der Waals surface area contributed by atoms with Crippen LogP contribution in [0.1, 0.15) is 258 Å². The molecule has 0 heterocycles. The van der Waals surface area contributed by atoms with Crippen LogP contribution in [0.4, 0.5) is 0 Å². The second-order valence-corrected chi connectivity index (χ2v) is 20.5. The maximum Gasteiger partial charge on any atom is 0.472 e. The number of aliphatic hydroxyl groups is 6. The van der Waals surface area contributed by atoms with Gasteiger partial charge in [0, 0.05) is 6.42 Å². The molecule has 6 unspecified atom stereocenters. The normalized spacial score (nSPS) is 22.2. The molecule has 63 heavy (non-hydrogen) atoms. The number of phosphoric acid groups is 1. The van der Waals surface area contributed by atoms with Crippen molar-refractivity contribution in [3.8, 4) is 0 Å². The van der Waals surface area contributed by atoms with Gasteiger partial charge in [0.1, 0.15) is 36.6 Å². The van der Waals surface area contributed by atoms with Crippen molar-refractivity contribution < 1.29 is 53.9 Å². The first-order chi connectivity index (χ1) is 30.4. The maximum atomic E-state index is 13.0. The molecule has 1 aliphatic rings. The summed E-state index contributed by atoms with van der Waals surface area (Å²) in [5.74, 6) is -0.302. The van der Waals surface area contributed by atoms with Gasteiger partial charge in [0.05, 0.1) is 18.8 Å². The number of rotatable bonds is 45. The molecule has 0 spiro atoms. The summed E-state index contributed by atoms with van der Waals surface area (Å²) in [6, 6.07) is -1.03. The summed E-state index contributed by atoms with van der Waals surface area (Å²) in [6.45, 7) is 3.92. The quantitative estimate of drug-likeness (QED) is 0.0213. The van der Waals surface area contributed by atoms with Crippen LogP contribution >= 0.6 is 7.82 Å². The Morgan fingerprint density at radius 3 is 1.10 bits per heavy atom. The molecule has 0 radical (unpaired) electrons. The molecule has 0 aromatic carbocycles. The van der Waals surface area contributed by atoms with E-state index in [0.29, 0.717) is 19.3 Å². The Hall–Kier alpha value is -0.660. The lowest BCUT2D eigenvalue weighted by atomic mass is 9.85. The van der Waals surface area contributed by atoms with Gasteiger partial charge in [0.15, 0.2) is 0 Å². The van der Waals surface area contributed by atoms with Crippen molar-refractivity contribution in [2.45, 2.75) is 307 Å². The van der Waals surface area contributed by atoms with Crippen molar-refractivity contribution in [1.29, 1.82) is 0 Å². The predicted octanol–water partition coefficient (Wildman–Crippen LogP) is 11.0. The molecular formula is C50H100NO11P. The molecule has 1 aliphatic carbocycles. The summed E-state index contributed by atoms with van der Waals surface area (Å²) in [5.41, 5.74) is 0. The van der Waals surface area contributed by atoms with Crippen molar-refractivity contribution in [2.75, 3.05) is 6.61 Å². The van der Waals surface area contributed by atoms with E-state index in [0.717, 1.165) is 38.5 Å². The number of aliphatic hydroxyl groups excluding tert-OH is 6. The van der Waals surface area contributed by atoms with Crippen LogP contribution in [-0.4, -0.2) is 96.8 Å². The largest absolute Gasteiger partial charge is 0.472 e. The Kier molecular flexibility index (Phi) is 38.7. The van der Waals surface area contributed by atoms with Crippen molar-refractivity contribution in [3.05, 3.63) is 0 Å². The predicted molar refractivity (Wildman–Crippen MR) is 255 cm³/mol. The molecule has 1 fully saturated rings. The third kappa shape index (κ3) is 31.9. The van der Waals surface area contributed by atoms with Crippen LogP contribution in [0.2, 0.25) is 0 Å². The zero-order valence-electron chi connectivity index (χ0n) is 40.4. The SMILES string of the molecule is CCCCCCCCCCCCCCCCCCCCCCCCC(=O)N[C@@H](COP(=O)(O)OC1C(O)C(O)C(O)[C@@H](O)C1O)[C@H](O)CCCCCCCCCCCCCCCC. The lowest BCUT2D eigenvalue weighted by molar-refractivity contribution is -0.220. The van der Waals surface area contributed by atoms with Gasteiger partial charge >= 0.3 is 7.82 Å². The molecule has 13 heteroatoms. The Labute approximate surface area is 385 Å². The van der Waals surface area contributed by atoms with Crippen molar-refractivity contribution in [1.82, 2.24) is 5.32 Å². The highest BCUT2D eigenvalue weighted by Crippen LogP contribution is 2.47. The highest BCUT2D eigenvalue weighted by Gasteiger charge is 2.51. The van der Waals surface area contributed by atoms with E-state index in [9.17, 15) is 44.9 Å². The molecule has 1 saturated carbocycles. The Morgan fingerprint density at radius 1 is 0.476 bits per heavy atom. The molecule has 0 aromatic rings. The van der Waals surface area contributed by atoms with E-state index in [1.54, 1.807) is 0 Å². The fraction of sp³-hybridized carbons (Fsp3) is 0.980. The van der Waals surface area contributed by atoms with Crippen LogP contribution in [0, 0.1) is 0 Å². The maximum absolute atomic E-state index is 13.0. The van der Waals surface area contributed by atoms with Gasteiger partial charge < -0.3 is 40.8 Å². The topological polar surface area (TPSA) is 206 Å². The summed E-state index contributed by atoms with van der Waals surface area (Å²) < 4.78 is 23.0. The van der Waals surface area contributed by atoms with Crippen molar-refractivity contribution in [3.63, 3.8) is 0 Å². The Bertz CT molecular complexity index is 1070. The Morgan fingerprint density at radius 2 is 0.762 bits per heavy atom. The summed E-state index contributed by atoms with van der Waals surface area (Å²) in [5, 5.41) is 64.3. The van der Waals surface area contributed by atoms with Gasteiger partial charge in [0.2, 0.25) is 5.91 Å². The molecule has 8 N–H and O–H groups in total. The van der Waals surface area contributed by atoms with Crippen LogP contribution in [-0.2, 0) is 18.4 Å². The summed E-state index contributed by atoms with van der Waals surface area (Å²) in [7, 11) is -5.05. The minimum absolute atomic E-state index is 0.243. The number of carbonyl (C=O) groups is 1. The zero-order chi connectivity index (χ0) is 46.4. The first-order valence-electron chi connectivity index (χ1n) is 26.5. The first kappa shape index (κ1) is 60.4. The molecular weight excluding hydrogens is 822 g/mol. The van der Waals surface area contributed by atoms with Crippen LogP contribution in [0.15, 0.2) is 0 Å². The van der Waals surface area contributed by atoms with Crippen LogP contribution in [0.25, 0.3) is 0 Å². The van der Waals surface area contributed by atoms with Crippen LogP contribution < -0.4 is 5.32 Å². The van der Waals surface area contributed by atoms with Crippen molar-refractivity contribution in [2.24, 2.45) is 0 Å². The van der Waals surface area contributed by atoms with Crippen LogP contribution in [0.3, 0.4) is 0 Å². The molecule has 0 aromatic heterocycles. The summed E-state index contributed by atoms with van der Waals surface area (Å²) >= 11 is 0. The molecule has 9 atom stereocenters. The third-order valence-corrected chi connectivity index (χ3v) is 14.2. The number of hydrogen-bond donors (Lipinski definition) is 8. The fourth-order valence-corrected chi connectivity index (χ4v) is 9.82. The minimum atomic E-state index is -5.05. The van der Waals surface area contributed by atoms with Gasteiger partial charge in [-0.2, -0.15) is 0 Å². The average molecular weight is 922 g/mol. The van der Waals surface area contributed by atoms with E-state index >= 15 is 0 Å². The standard InChI is InChI=1S/C50H100NO11P/c1-3-5-7-9-11-13-15-17-19-20-21-22-23-24-25-26-28-30-32-34-36-38-40-44(53)51-42(41-61-63(59,60)62-50-48(57)46(55)45(54)47(56)49(50)58)43(52)39-37-35-33-31-29-27-18-16-14-12-10-8-6-4-2/h42-43,45-50,52,54-58H,3-41H2,1-2H3,(H,51,53)(H,59,60)/t42-,43+,45?,46+,47?,48?,49?,50?/m0/s1. The average Bonchev–Trinajstić information content (AvgIpc) is 3.27. The molecule has 12 nitrogen and oxygen atoms in total. The second kappa shape index (κ2) is 40.4. The molecule has 376 valence electrons. The van der Waals surface area contributed by atoms with Crippen LogP contribution in [0.5, 0.6) is 0 Å². The first-order valence-corrected chi connectivity index (χ1v) is 28.0. The van der Waals surface area contributed by atoms with E-state index in [2.05, 4.69) is 19.2 Å². The number of phosphoric ester groups is 1. The van der Waals surface area contributed by atoms with Gasteiger partial charge in [-0.3, -0.25) is 13.8 Å². The van der Waals surface area contributed by atoms with Gasteiger partial charge in [0.25, 0.3) is 0 Å². The molecule has 1 amide bonds. The van der Waals surface area contributed by atoms with Gasteiger partial charge in [-0.1, -0.05) is 239 Å².